The van der Waals surface area contributed by atoms with Gasteiger partial charge in [0.25, 0.3) is 0 Å². The summed E-state index contributed by atoms with van der Waals surface area (Å²) < 4.78 is 10.6. The molecule has 1 aromatic heterocycles. The lowest BCUT2D eigenvalue weighted by molar-refractivity contribution is 0.108. The maximum absolute atomic E-state index is 5.32. The fourth-order valence-corrected chi connectivity index (χ4v) is 4.90. The van der Waals surface area contributed by atoms with Crippen molar-refractivity contribution in [2.75, 3.05) is 65.6 Å². The van der Waals surface area contributed by atoms with E-state index in [1.807, 2.05) is 6.07 Å². The largest absolute Gasteiger partial charge is 0.383 e. The Hall–Kier alpha value is -2.02. The highest BCUT2D eigenvalue weighted by molar-refractivity contribution is 5.62. The molecule has 1 aliphatic carbocycles. The van der Waals surface area contributed by atoms with E-state index in [1.54, 1.807) is 14.2 Å². The van der Waals surface area contributed by atoms with E-state index in [9.17, 15) is 0 Å². The molecule has 0 N–H and O–H groups in total. The lowest BCUT2D eigenvalue weighted by Gasteiger charge is -2.39. The van der Waals surface area contributed by atoms with E-state index in [-0.39, 0.29) is 5.41 Å². The van der Waals surface area contributed by atoms with Crippen LogP contribution in [0.4, 0.5) is 5.82 Å². The van der Waals surface area contributed by atoms with Gasteiger partial charge in [-0.15, -0.1) is 0 Å². The predicted octanol–water partition coefficient (Wildman–Crippen LogP) is 3.15. The number of hydrogen-bond acceptors (Lipinski definition) is 6. The van der Waals surface area contributed by atoms with E-state index < -0.39 is 0 Å². The number of ether oxygens (including phenoxy) is 2. The van der Waals surface area contributed by atoms with Crippen LogP contribution in [-0.2, 0) is 21.3 Å². The summed E-state index contributed by atoms with van der Waals surface area (Å²) in [6.45, 7) is 5.56. The minimum atomic E-state index is 0.183. The van der Waals surface area contributed by atoms with Crippen LogP contribution in [0, 0.1) is 0 Å². The molecule has 1 spiro atoms. The zero-order valence-corrected chi connectivity index (χ0v) is 18.6. The SMILES string of the molecule is COCCN1CCC2(CCc3c(N(C)CCOC)nc(-c4ccccc4)nc32)CC1. The van der Waals surface area contributed by atoms with E-state index in [1.165, 1.54) is 17.7 Å². The smallest absolute Gasteiger partial charge is 0.161 e. The molecule has 2 heterocycles. The van der Waals surface area contributed by atoms with Crippen LogP contribution < -0.4 is 4.90 Å². The van der Waals surface area contributed by atoms with Gasteiger partial charge in [0, 0.05) is 50.9 Å². The number of nitrogens with zero attached hydrogens (tertiary/aromatic N) is 4. The van der Waals surface area contributed by atoms with Crippen molar-refractivity contribution < 1.29 is 9.47 Å². The zero-order valence-electron chi connectivity index (χ0n) is 18.6. The third-order valence-electron chi connectivity index (χ3n) is 6.79. The van der Waals surface area contributed by atoms with Gasteiger partial charge in [-0.3, -0.25) is 0 Å². The third kappa shape index (κ3) is 4.22. The molecule has 0 saturated carbocycles. The summed E-state index contributed by atoms with van der Waals surface area (Å²) in [4.78, 5) is 15.0. The highest BCUT2D eigenvalue weighted by Crippen LogP contribution is 2.48. The monoisotopic (exact) mass is 410 g/mol. The molecule has 1 aliphatic heterocycles. The first-order valence-electron chi connectivity index (χ1n) is 11.0. The van der Waals surface area contributed by atoms with Crippen LogP contribution in [0.3, 0.4) is 0 Å². The van der Waals surface area contributed by atoms with Crippen LogP contribution in [0.25, 0.3) is 11.4 Å². The number of hydrogen-bond donors (Lipinski definition) is 0. The molecule has 0 amide bonds. The van der Waals surface area contributed by atoms with E-state index >= 15 is 0 Å². The number of likely N-dealkylation sites (N-methyl/N-ethyl adjacent to an activating group) is 1. The van der Waals surface area contributed by atoms with Crippen molar-refractivity contribution in [3.05, 3.63) is 41.6 Å². The van der Waals surface area contributed by atoms with Crippen molar-refractivity contribution in [3.8, 4) is 11.4 Å². The summed E-state index contributed by atoms with van der Waals surface area (Å²) in [5.74, 6) is 1.92. The zero-order chi connectivity index (χ0) is 21.0. The van der Waals surface area contributed by atoms with Crippen LogP contribution in [0.5, 0.6) is 0 Å². The van der Waals surface area contributed by atoms with Crippen molar-refractivity contribution in [1.82, 2.24) is 14.9 Å². The van der Waals surface area contributed by atoms with Crippen LogP contribution >= 0.6 is 0 Å². The van der Waals surface area contributed by atoms with Crippen molar-refractivity contribution in [1.29, 1.82) is 0 Å². The number of anilines is 1. The number of benzene rings is 1. The summed E-state index contributed by atoms with van der Waals surface area (Å²) in [7, 11) is 5.65. The first-order valence-corrected chi connectivity index (χ1v) is 11.0. The Labute approximate surface area is 180 Å². The first-order chi connectivity index (χ1) is 14.7. The summed E-state index contributed by atoms with van der Waals surface area (Å²) in [5, 5.41) is 0. The van der Waals surface area contributed by atoms with Gasteiger partial charge in [0.15, 0.2) is 5.82 Å². The van der Waals surface area contributed by atoms with E-state index in [0.29, 0.717) is 6.61 Å². The van der Waals surface area contributed by atoms with E-state index in [2.05, 4.69) is 41.1 Å². The van der Waals surface area contributed by atoms with Gasteiger partial charge in [-0.1, -0.05) is 30.3 Å². The van der Waals surface area contributed by atoms with Gasteiger partial charge in [-0.05, 0) is 38.8 Å². The van der Waals surface area contributed by atoms with Crippen molar-refractivity contribution in [3.63, 3.8) is 0 Å². The molecule has 1 aromatic carbocycles. The third-order valence-corrected chi connectivity index (χ3v) is 6.79. The second-order valence-corrected chi connectivity index (χ2v) is 8.59. The molecular weight excluding hydrogens is 376 g/mol. The van der Waals surface area contributed by atoms with Crippen molar-refractivity contribution >= 4 is 5.82 Å². The highest BCUT2D eigenvalue weighted by Gasteiger charge is 2.44. The fourth-order valence-electron chi connectivity index (χ4n) is 4.90. The van der Waals surface area contributed by atoms with Gasteiger partial charge in [0.2, 0.25) is 0 Å². The molecule has 6 heteroatoms. The van der Waals surface area contributed by atoms with Gasteiger partial charge in [0.1, 0.15) is 5.82 Å². The normalized spacial score (nSPS) is 18.0. The molecule has 0 radical (unpaired) electrons. The lowest BCUT2D eigenvalue weighted by atomic mass is 9.76. The maximum Gasteiger partial charge on any atom is 0.161 e. The highest BCUT2D eigenvalue weighted by atomic mass is 16.5. The van der Waals surface area contributed by atoms with Gasteiger partial charge in [0.05, 0.1) is 18.9 Å². The summed E-state index contributed by atoms with van der Waals surface area (Å²) in [5.41, 5.74) is 3.91. The van der Waals surface area contributed by atoms with E-state index in [0.717, 1.165) is 69.3 Å². The molecule has 4 rings (SSSR count). The number of piperidine rings is 1. The number of methoxy groups -OCH3 is 2. The summed E-state index contributed by atoms with van der Waals surface area (Å²) in [6.07, 6.45) is 4.57. The van der Waals surface area contributed by atoms with Crippen LogP contribution in [-0.4, -0.2) is 75.5 Å². The molecule has 0 atom stereocenters. The average Bonchev–Trinajstić information content (AvgIpc) is 3.15. The van der Waals surface area contributed by atoms with Gasteiger partial charge >= 0.3 is 0 Å². The second-order valence-electron chi connectivity index (χ2n) is 8.59. The van der Waals surface area contributed by atoms with Crippen molar-refractivity contribution in [2.45, 2.75) is 31.1 Å². The molecule has 6 nitrogen and oxygen atoms in total. The molecule has 0 bridgehead atoms. The first kappa shape index (κ1) is 21.2. The van der Waals surface area contributed by atoms with Crippen molar-refractivity contribution in [2.24, 2.45) is 0 Å². The number of aromatic nitrogens is 2. The Morgan fingerprint density at radius 3 is 2.43 bits per heavy atom. The van der Waals surface area contributed by atoms with E-state index in [4.69, 9.17) is 19.4 Å². The van der Waals surface area contributed by atoms with Gasteiger partial charge in [-0.25, -0.2) is 9.97 Å². The van der Waals surface area contributed by atoms with Crippen LogP contribution in [0.15, 0.2) is 30.3 Å². The number of likely N-dealkylation sites (tertiary alicyclic amines) is 1. The maximum atomic E-state index is 5.32. The minimum Gasteiger partial charge on any atom is -0.383 e. The Morgan fingerprint density at radius 1 is 1.00 bits per heavy atom. The summed E-state index contributed by atoms with van der Waals surface area (Å²) >= 11 is 0. The Bertz CT molecular complexity index is 835. The fraction of sp³-hybridized carbons (Fsp3) is 0.583. The molecule has 0 unspecified atom stereocenters. The molecule has 1 fully saturated rings. The topological polar surface area (TPSA) is 50.7 Å². The standard InChI is InChI=1S/C24H34N4O2/c1-27(15-17-29-2)23-20-9-10-24(11-13-28(14-12-24)16-18-30-3)21(20)25-22(26-23)19-7-5-4-6-8-19/h4-8H,9-18H2,1-3H3. The molecule has 162 valence electrons. The van der Waals surface area contributed by atoms with Gasteiger partial charge in [-0.2, -0.15) is 0 Å². The number of rotatable bonds is 8. The minimum absolute atomic E-state index is 0.183. The lowest BCUT2D eigenvalue weighted by Crippen LogP contribution is -2.43. The molecule has 2 aromatic rings. The van der Waals surface area contributed by atoms with Crippen LogP contribution in [0.2, 0.25) is 0 Å². The quantitative estimate of drug-likeness (QED) is 0.666. The average molecular weight is 411 g/mol. The Morgan fingerprint density at radius 2 is 1.73 bits per heavy atom. The number of fused-ring (bicyclic) bond motifs is 2. The predicted molar refractivity (Wildman–Crippen MR) is 120 cm³/mol. The molecule has 30 heavy (non-hydrogen) atoms. The second kappa shape index (κ2) is 9.41. The molecule has 2 aliphatic rings. The summed E-state index contributed by atoms with van der Waals surface area (Å²) in [6, 6.07) is 10.4. The van der Waals surface area contributed by atoms with Gasteiger partial charge < -0.3 is 19.3 Å². The molecule has 1 saturated heterocycles. The Kier molecular flexibility index (Phi) is 6.66. The Balaban J connectivity index is 1.68. The molecular formula is C24H34N4O2. The van der Waals surface area contributed by atoms with Crippen LogP contribution in [0.1, 0.15) is 30.5 Å².